The average Bonchev–Trinajstić information content (AvgIpc) is 2.85. The summed E-state index contributed by atoms with van der Waals surface area (Å²) in [4.78, 5) is 0. The van der Waals surface area contributed by atoms with Crippen molar-refractivity contribution < 1.29 is 18.9 Å². The largest absolute Gasteiger partial charge is 0.381 e. The third-order valence-corrected chi connectivity index (χ3v) is 7.85. The standard InChI is InChI=1S/C30H62O4/c1-8-11-13-15-16-17-19-21-26-34-27-22-25-29(24-10-3,30(31-5,32-6)33-7)28(4)23-20-18-14-12-9-2/h28H,8-27H2,1-7H3. The molecule has 0 aromatic heterocycles. The van der Waals surface area contributed by atoms with Crippen molar-refractivity contribution in [2.24, 2.45) is 11.3 Å². The van der Waals surface area contributed by atoms with Crippen LogP contribution in [0, 0.1) is 11.3 Å². The van der Waals surface area contributed by atoms with E-state index in [1.165, 1.54) is 89.9 Å². The summed E-state index contributed by atoms with van der Waals surface area (Å²) in [5.74, 6) is -0.564. The molecule has 34 heavy (non-hydrogen) atoms. The fourth-order valence-corrected chi connectivity index (χ4v) is 5.79. The van der Waals surface area contributed by atoms with Crippen molar-refractivity contribution in [1.29, 1.82) is 0 Å². The van der Waals surface area contributed by atoms with E-state index in [1.807, 2.05) is 0 Å². The molecule has 206 valence electrons. The highest BCUT2D eigenvalue weighted by Crippen LogP contribution is 2.51. The Labute approximate surface area is 214 Å². The van der Waals surface area contributed by atoms with Gasteiger partial charge in [0.15, 0.2) is 0 Å². The molecular weight excluding hydrogens is 424 g/mol. The molecule has 0 aliphatic rings. The van der Waals surface area contributed by atoms with Crippen LogP contribution in [0.1, 0.15) is 143 Å². The molecule has 0 fully saturated rings. The zero-order valence-electron chi connectivity index (χ0n) is 24.4. The van der Waals surface area contributed by atoms with Gasteiger partial charge in [0.1, 0.15) is 0 Å². The van der Waals surface area contributed by atoms with Crippen LogP contribution in [0.25, 0.3) is 0 Å². The molecule has 0 aromatic carbocycles. The molecule has 4 heteroatoms. The Balaban J connectivity index is 4.76. The van der Waals surface area contributed by atoms with Crippen molar-refractivity contribution in [3.8, 4) is 0 Å². The Hall–Kier alpha value is -0.160. The van der Waals surface area contributed by atoms with Crippen LogP contribution in [-0.4, -0.2) is 40.5 Å². The third kappa shape index (κ3) is 12.2. The summed E-state index contributed by atoms with van der Waals surface area (Å²) in [6.07, 6.45) is 22.5. The minimum Gasteiger partial charge on any atom is -0.381 e. The summed E-state index contributed by atoms with van der Waals surface area (Å²) >= 11 is 0. The van der Waals surface area contributed by atoms with Gasteiger partial charge in [0.2, 0.25) is 0 Å². The summed E-state index contributed by atoms with van der Waals surface area (Å²) in [7, 11) is 5.18. The first-order chi connectivity index (χ1) is 16.5. The predicted octanol–water partition coefficient (Wildman–Crippen LogP) is 9.30. The molecule has 0 aliphatic heterocycles. The fraction of sp³-hybridized carbons (Fsp3) is 1.00. The predicted molar refractivity (Wildman–Crippen MR) is 146 cm³/mol. The molecule has 2 unspecified atom stereocenters. The highest BCUT2D eigenvalue weighted by Gasteiger charge is 2.55. The summed E-state index contributed by atoms with van der Waals surface area (Å²) in [6.45, 7) is 10.9. The Morgan fingerprint density at radius 3 is 1.50 bits per heavy atom. The second kappa shape index (κ2) is 22.1. The van der Waals surface area contributed by atoms with Crippen LogP contribution in [0.5, 0.6) is 0 Å². The molecule has 0 rings (SSSR count). The maximum atomic E-state index is 6.05. The second-order valence-electron chi connectivity index (χ2n) is 10.4. The van der Waals surface area contributed by atoms with E-state index in [2.05, 4.69) is 27.7 Å². The lowest BCUT2D eigenvalue weighted by molar-refractivity contribution is -0.418. The van der Waals surface area contributed by atoms with Crippen LogP contribution in [0.15, 0.2) is 0 Å². The lowest BCUT2D eigenvalue weighted by Gasteiger charge is -2.50. The van der Waals surface area contributed by atoms with E-state index < -0.39 is 5.97 Å². The van der Waals surface area contributed by atoms with Crippen LogP contribution in [0.3, 0.4) is 0 Å². The van der Waals surface area contributed by atoms with Crippen LogP contribution in [0.4, 0.5) is 0 Å². The van der Waals surface area contributed by atoms with Gasteiger partial charge >= 0.3 is 0 Å². The molecule has 0 heterocycles. The van der Waals surface area contributed by atoms with Gasteiger partial charge in [-0.05, 0) is 38.0 Å². The van der Waals surface area contributed by atoms with E-state index in [0.717, 1.165) is 38.9 Å². The first-order valence-corrected chi connectivity index (χ1v) is 14.8. The van der Waals surface area contributed by atoms with Crippen molar-refractivity contribution in [3.63, 3.8) is 0 Å². The Morgan fingerprint density at radius 1 is 0.529 bits per heavy atom. The number of unbranched alkanes of at least 4 members (excludes halogenated alkanes) is 11. The highest BCUT2D eigenvalue weighted by atomic mass is 16.9. The van der Waals surface area contributed by atoms with Gasteiger partial charge in [0, 0.05) is 34.5 Å². The quantitative estimate of drug-likeness (QED) is 0.0901. The van der Waals surface area contributed by atoms with Crippen molar-refractivity contribution in [3.05, 3.63) is 0 Å². The van der Waals surface area contributed by atoms with E-state index in [9.17, 15) is 0 Å². The number of ether oxygens (including phenoxy) is 4. The SMILES string of the molecule is CCCCCCCCCCOCCCC(CCC)(C(C)CCCCCCC)C(OC)(OC)OC. The summed E-state index contributed by atoms with van der Waals surface area (Å²) in [5.41, 5.74) is -0.188. The zero-order chi connectivity index (χ0) is 25.5. The van der Waals surface area contributed by atoms with Crippen molar-refractivity contribution in [2.75, 3.05) is 34.5 Å². The molecule has 0 spiro atoms. The average molecular weight is 487 g/mol. The molecule has 2 atom stereocenters. The van der Waals surface area contributed by atoms with E-state index in [0.29, 0.717) is 5.92 Å². The maximum absolute atomic E-state index is 6.05. The van der Waals surface area contributed by atoms with E-state index >= 15 is 0 Å². The first kappa shape index (κ1) is 33.8. The number of methoxy groups -OCH3 is 3. The summed E-state index contributed by atoms with van der Waals surface area (Å²) in [5, 5.41) is 0. The highest BCUT2D eigenvalue weighted by molar-refractivity contribution is 4.92. The minimum absolute atomic E-state index is 0.188. The van der Waals surface area contributed by atoms with Gasteiger partial charge in [-0.25, -0.2) is 0 Å². The van der Waals surface area contributed by atoms with Crippen molar-refractivity contribution >= 4 is 0 Å². The molecule has 0 saturated carbocycles. The lowest BCUT2D eigenvalue weighted by atomic mass is 9.66. The van der Waals surface area contributed by atoms with Gasteiger partial charge in [-0.3, -0.25) is 0 Å². The van der Waals surface area contributed by atoms with Gasteiger partial charge in [-0.15, -0.1) is 0 Å². The molecule has 0 N–H and O–H groups in total. The van der Waals surface area contributed by atoms with Gasteiger partial charge in [0.05, 0.1) is 5.41 Å². The normalized spacial score (nSPS) is 14.9. The second-order valence-corrected chi connectivity index (χ2v) is 10.4. The molecule has 0 radical (unpaired) electrons. The number of hydrogen-bond acceptors (Lipinski definition) is 4. The molecule has 0 aliphatic carbocycles. The smallest absolute Gasteiger partial charge is 0.288 e. The molecule has 0 aromatic rings. The van der Waals surface area contributed by atoms with Crippen LogP contribution < -0.4 is 0 Å². The monoisotopic (exact) mass is 486 g/mol. The van der Waals surface area contributed by atoms with Crippen molar-refractivity contribution in [2.45, 2.75) is 149 Å². The summed E-state index contributed by atoms with van der Waals surface area (Å²) < 4.78 is 24.0. The zero-order valence-corrected chi connectivity index (χ0v) is 24.4. The fourth-order valence-electron chi connectivity index (χ4n) is 5.79. The van der Waals surface area contributed by atoms with Crippen LogP contribution in [-0.2, 0) is 18.9 Å². The van der Waals surface area contributed by atoms with Gasteiger partial charge in [-0.1, -0.05) is 111 Å². The van der Waals surface area contributed by atoms with Gasteiger partial charge < -0.3 is 18.9 Å². The first-order valence-electron chi connectivity index (χ1n) is 14.8. The van der Waals surface area contributed by atoms with E-state index in [4.69, 9.17) is 18.9 Å². The van der Waals surface area contributed by atoms with Crippen LogP contribution >= 0.6 is 0 Å². The molecular formula is C30H62O4. The van der Waals surface area contributed by atoms with Crippen LogP contribution in [0.2, 0.25) is 0 Å². The molecule has 4 nitrogen and oxygen atoms in total. The topological polar surface area (TPSA) is 36.9 Å². The third-order valence-electron chi connectivity index (χ3n) is 7.85. The molecule has 0 amide bonds. The van der Waals surface area contributed by atoms with Gasteiger partial charge in [-0.2, -0.15) is 0 Å². The Morgan fingerprint density at radius 2 is 1.00 bits per heavy atom. The van der Waals surface area contributed by atoms with E-state index in [1.54, 1.807) is 21.3 Å². The maximum Gasteiger partial charge on any atom is 0.288 e. The number of rotatable bonds is 26. The Bertz CT molecular complexity index is 416. The summed E-state index contributed by atoms with van der Waals surface area (Å²) in [6, 6.07) is 0. The number of hydrogen-bond donors (Lipinski definition) is 0. The van der Waals surface area contributed by atoms with E-state index in [-0.39, 0.29) is 5.41 Å². The molecule has 0 saturated heterocycles. The van der Waals surface area contributed by atoms with Crippen molar-refractivity contribution in [1.82, 2.24) is 0 Å². The molecule has 0 bridgehead atoms. The van der Waals surface area contributed by atoms with Gasteiger partial charge in [0.25, 0.3) is 5.97 Å². The minimum atomic E-state index is -1.01. The Kier molecular flexibility index (Phi) is 22.0. The lowest BCUT2D eigenvalue weighted by Crippen LogP contribution is -2.56.